The summed E-state index contributed by atoms with van der Waals surface area (Å²) in [5.74, 6) is 0.0720. The summed E-state index contributed by atoms with van der Waals surface area (Å²) >= 11 is 0. The van der Waals surface area contributed by atoms with Gasteiger partial charge in [-0.05, 0) is 31.9 Å². The number of carbonyl (C=O) groups excluding carboxylic acids is 1. The fraction of sp³-hybridized carbons (Fsp3) is 0.462. The van der Waals surface area contributed by atoms with Crippen LogP contribution in [-0.4, -0.2) is 18.5 Å². The van der Waals surface area contributed by atoms with Gasteiger partial charge in [-0.1, -0.05) is 25.1 Å². The van der Waals surface area contributed by atoms with Crippen molar-refractivity contribution in [2.45, 2.75) is 33.2 Å². The van der Waals surface area contributed by atoms with E-state index in [-0.39, 0.29) is 11.9 Å². The number of para-hydroxylation sites is 1. The SMILES string of the molecule is CCC[NH2+]C(C)C(=O)Nc1ccccc1C. The smallest absolute Gasteiger partial charge is 0.282 e. The molecule has 0 aliphatic heterocycles. The molecule has 88 valence electrons. The number of hydrogen-bond acceptors (Lipinski definition) is 1. The average molecular weight is 221 g/mol. The molecule has 0 aliphatic rings. The lowest BCUT2D eigenvalue weighted by Crippen LogP contribution is -2.91. The molecule has 0 saturated carbocycles. The summed E-state index contributed by atoms with van der Waals surface area (Å²) in [5, 5.41) is 5.01. The minimum absolute atomic E-state index is 0.0282. The molecule has 0 heterocycles. The fourth-order valence-electron chi connectivity index (χ4n) is 1.48. The van der Waals surface area contributed by atoms with Gasteiger partial charge in [0.2, 0.25) is 0 Å². The van der Waals surface area contributed by atoms with Crippen molar-refractivity contribution >= 4 is 11.6 Å². The van der Waals surface area contributed by atoms with Gasteiger partial charge in [0.25, 0.3) is 5.91 Å². The Labute approximate surface area is 97.2 Å². The van der Waals surface area contributed by atoms with E-state index in [1.54, 1.807) is 0 Å². The van der Waals surface area contributed by atoms with E-state index < -0.39 is 0 Å². The van der Waals surface area contributed by atoms with Crippen LogP contribution in [0, 0.1) is 6.92 Å². The quantitative estimate of drug-likeness (QED) is 0.773. The van der Waals surface area contributed by atoms with Crippen LogP contribution < -0.4 is 10.6 Å². The van der Waals surface area contributed by atoms with Crippen molar-refractivity contribution in [2.24, 2.45) is 0 Å². The highest BCUT2D eigenvalue weighted by atomic mass is 16.2. The molecular formula is C13H21N2O+. The topological polar surface area (TPSA) is 45.7 Å². The summed E-state index contributed by atoms with van der Waals surface area (Å²) in [6.07, 6.45) is 1.09. The maximum absolute atomic E-state index is 11.8. The summed E-state index contributed by atoms with van der Waals surface area (Å²) in [5.41, 5.74) is 2.00. The van der Waals surface area contributed by atoms with E-state index in [2.05, 4.69) is 17.6 Å². The summed E-state index contributed by atoms with van der Waals surface area (Å²) in [7, 11) is 0. The molecular weight excluding hydrogens is 200 g/mol. The number of nitrogens with one attached hydrogen (secondary N) is 1. The molecule has 0 radical (unpaired) electrons. The van der Waals surface area contributed by atoms with Crippen LogP contribution in [0.15, 0.2) is 24.3 Å². The van der Waals surface area contributed by atoms with Crippen molar-refractivity contribution in [3.63, 3.8) is 0 Å². The Bertz CT molecular complexity index is 350. The van der Waals surface area contributed by atoms with Crippen LogP contribution in [0.2, 0.25) is 0 Å². The fourth-order valence-corrected chi connectivity index (χ4v) is 1.48. The van der Waals surface area contributed by atoms with Gasteiger partial charge in [-0.25, -0.2) is 0 Å². The van der Waals surface area contributed by atoms with E-state index in [9.17, 15) is 4.79 Å². The summed E-state index contributed by atoms with van der Waals surface area (Å²) in [4.78, 5) is 11.8. The summed E-state index contributed by atoms with van der Waals surface area (Å²) < 4.78 is 0. The Hall–Kier alpha value is -1.35. The lowest BCUT2D eigenvalue weighted by molar-refractivity contribution is -0.673. The molecule has 1 rings (SSSR count). The molecule has 1 aromatic carbocycles. The largest absolute Gasteiger partial charge is 0.336 e. The Morgan fingerprint density at radius 3 is 2.75 bits per heavy atom. The highest BCUT2D eigenvalue weighted by molar-refractivity contribution is 5.94. The molecule has 0 fully saturated rings. The maximum Gasteiger partial charge on any atom is 0.282 e. The van der Waals surface area contributed by atoms with Gasteiger partial charge in [0.05, 0.1) is 6.54 Å². The molecule has 3 heteroatoms. The molecule has 1 atom stereocenters. The van der Waals surface area contributed by atoms with Crippen molar-refractivity contribution in [1.29, 1.82) is 0 Å². The zero-order chi connectivity index (χ0) is 12.0. The molecule has 0 aromatic heterocycles. The number of carbonyl (C=O) groups is 1. The van der Waals surface area contributed by atoms with Crippen LogP contribution in [-0.2, 0) is 4.79 Å². The molecule has 16 heavy (non-hydrogen) atoms. The molecule has 0 aliphatic carbocycles. The van der Waals surface area contributed by atoms with Gasteiger partial charge in [0, 0.05) is 5.69 Å². The normalized spacial score (nSPS) is 12.2. The van der Waals surface area contributed by atoms with E-state index in [4.69, 9.17) is 0 Å². The monoisotopic (exact) mass is 221 g/mol. The number of amides is 1. The van der Waals surface area contributed by atoms with Gasteiger partial charge in [-0.15, -0.1) is 0 Å². The highest BCUT2D eigenvalue weighted by Crippen LogP contribution is 2.12. The third-order valence-corrected chi connectivity index (χ3v) is 2.63. The first kappa shape index (κ1) is 12.7. The van der Waals surface area contributed by atoms with Gasteiger partial charge >= 0.3 is 0 Å². The number of aryl methyl sites for hydroxylation is 1. The number of rotatable bonds is 5. The first-order chi connectivity index (χ1) is 7.65. The number of hydrogen-bond donors (Lipinski definition) is 2. The van der Waals surface area contributed by atoms with Crippen molar-refractivity contribution in [1.82, 2.24) is 0 Å². The molecule has 0 bridgehead atoms. The Morgan fingerprint density at radius 2 is 2.12 bits per heavy atom. The van der Waals surface area contributed by atoms with Crippen molar-refractivity contribution in [2.75, 3.05) is 11.9 Å². The molecule has 1 aromatic rings. The van der Waals surface area contributed by atoms with E-state index in [0.29, 0.717) is 0 Å². The predicted octanol–water partition coefficient (Wildman–Crippen LogP) is 1.30. The second-order valence-corrected chi connectivity index (χ2v) is 4.12. The zero-order valence-electron chi connectivity index (χ0n) is 10.3. The Morgan fingerprint density at radius 1 is 1.44 bits per heavy atom. The second-order valence-electron chi connectivity index (χ2n) is 4.12. The van der Waals surface area contributed by atoms with Gasteiger partial charge in [-0.2, -0.15) is 0 Å². The highest BCUT2D eigenvalue weighted by Gasteiger charge is 2.15. The average Bonchev–Trinajstić information content (AvgIpc) is 2.28. The maximum atomic E-state index is 11.8. The van der Waals surface area contributed by atoms with Crippen LogP contribution in [0.1, 0.15) is 25.8 Å². The van der Waals surface area contributed by atoms with Gasteiger partial charge in [0.15, 0.2) is 6.04 Å². The molecule has 1 unspecified atom stereocenters. The number of quaternary nitrogens is 1. The standard InChI is InChI=1S/C13H20N2O/c1-4-9-14-11(3)13(16)15-12-8-6-5-7-10(12)2/h5-8,11,14H,4,9H2,1-3H3,(H,15,16)/p+1. The van der Waals surface area contributed by atoms with Crippen molar-refractivity contribution in [3.05, 3.63) is 29.8 Å². The van der Waals surface area contributed by atoms with E-state index in [0.717, 1.165) is 24.2 Å². The predicted molar refractivity (Wildman–Crippen MR) is 66.4 cm³/mol. The Kier molecular flexibility index (Phi) is 4.99. The van der Waals surface area contributed by atoms with Crippen LogP contribution in [0.4, 0.5) is 5.69 Å². The lowest BCUT2D eigenvalue weighted by Gasteiger charge is -2.12. The minimum Gasteiger partial charge on any atom is -0.336 e. The third kappa shape index (κ3) is 3.66. The molecule has 0 saturated heterocycles. The van der Waals surface area contributed by atoms with Crippen LogP contribution in [0.5, 0.6) is 0 Å². The first-order valence-electron chi connectivity index (χ1n) is 5.85. The minimum atomic E-state index is -0.0282. The van der Waals surface area contributed by atoms with Crippen molar-refractivity contribution < 1.29 is 10.1 Å². The molecule has 0 spiro atoms. The number of nitrogens with two attached hydrogens (primary N) is 1. The third-order valence-electron chi connectivity index (χ3n) is 2.63. The summed E-state index contributed by atoms with van der Waals surface area (Å²) in [6.45, 7) is 7.03. The molecule has 1 amide bonds. The second kappa shape index (κ2) is 6.28. The number of benzene rings is 1. The first-order valence-corrected chi connectivity index (χ1v) is 5.85. The molecule has 3 N–H and O–H groups in total. The van der Waals surface area contributed by atoms with Crippen LogP contribution >= 0.6 is 0 Å². The van der Waals surface area contributed by atoms with Crippen LogP contribution in [0.25, 0.3) is 0 Å². The van der Waals surface area contributed by atoms with Crippen molar-refractivity contribution in [3.8, 4) is 0 Å². The Balaban J connectivity index is 2.54. The van der Waals surface area contributed by atoms with E-state index in [1.807, 2.05) is 38.1 Å². The molecule has 3 nitrogen and oxygen atoms in total. The summed E-state index contributed by atoms with van der Waals surface area (Å²) in [6, 6.07) is 7.80. The number of anilines is 1. The van der Waals surface area contributed by atoms with Gasteiger partial charge < -0.3 is 10.6 Å². The van der Waals surface area contributed by atoms with E-state index in [1.165, 1.54) is 0 Å². The zero-order valence-corrected chi connectivity index (χ0v) is 10.3. The van der Waals surface area contributed by atoms with Crippen LogP contribution in [0.3, 0.4) is 0 Å². The van der Waals surface area contributed by atoms with E-state index >= 15 is 0 Å². The van der Waals surface area contributed by atoms with Gasteiger partial charge in [-0.3, -0.25) is 4.79 Å². The lowest BCUT2D eigenvalue weighted by atomic mass is 10.2. The van der Waals surface area contributed by atoms with Gasteiger partial charge in [0.1, 0.15) is 0 Å².